The van der Waals surface area contributed by atoms with Crippen LogP contribution in [0.2, 0.25) is 0 Å². The highest BCUT2D eigenvalue weighted by Gasteiger charge is 2.24. The number of carbonyl (C=O) groups excluding carboxylic acids is 1. The third-order valence-electron chi connectivity index (χ3n) is 7.05. The molecule has 164 valence electrons. The highest BCUT2D eigenvalue weighted by molar-refractivity contribution is 5.94. The number of likely N-dealkylation sites (tertiary alicyclic amines) is 1. The Hall–Kier alpha value is -3.07. The molecule has 0 unspecified atom stereocenters. The first-order valence-electron chi connectivity index (χ1n) is 12.0. The summed E-state index contributed by atoms with van der Waals surface area (Å²) in [4.78, 5) is 17.5. The average molecular weight is 425 g/mol. The predicted octanol–water partition coefficient (Wildman–Crippen LogP) is 5.73. The van der Waals surface area contributed by atoms with Gasteiger partial charge in [-0.2, -0.15) is 0 Å². The van der Waals surface area contributed by atoms with E-state index in [1.807, 2.05) is 17.0 Å². The van der Waals surface area contributed by atoms with Crippen LogP contribution in [0.25, 0.3) is 0 Å². The van der Waals surface area contributed by atoms with E-state index >= 15 is 0 Å². The summed E-state index contributed by atoms with van der Waals surface area (Å²) in [5.41, 5.74) is 6.29. The maximum Gasteiger partial charge on any atom is 0.253 e. The zero-order valence-electron chi connectivity index (χ0n) is 18.7. The molecule has 3 nitrogen and oxygen atoms in total. The lowest BCUT2D eigenvalue weighted by atomic mass is 9.90. The van der Waals surface area contributed by atoms with Gasteiger partial charge in [0, 0.05) is 37.4 Å². The second-order valence-electron chi connectivity index (χ2n) is 9.28. The molecule has 2 aliphatic rings. The van der Waals surface area contributed by atoms with Crippen molar-refractivity contribution in [1.29, 1.82) is 0 Å². The number of aryl methyl sites for hydroxylation is 1. The minimum Gasteiger partial charge on any atom is -0.367 e. The van der Waals surface area contributed by atoms with E-state index in [1.165, 1.54) is 35.2 Å². The molecule has 0 aromatic heterocycles. The van der Waals surface area contributed by atoms with Crippen LogP contribution in [0.4, 0.5) is 5.69 Å². The van der Waals surface area contributed by atoms with Crippen LogP contribution in [0.15, 0.2) is 78.9 Å². The molecule has 2 aliphatic heterocycles. The molecule has 0 bridgehead atoms. The van der Waals surface area contributed by atoms with Crippen LogP contribution < -0.4 is 4.90 Å². The van der Waals surface area contributed by atoms with E-state index in [-0.39, 0.29) is 5.91 Å². The van der Waals surface area contributed by atoms with Crippen LogP contribution in [0.1, 0.15) is 46.3 Å². The molecule has 1 fully saturated rings. The highest BCUT2D eigenvalue weighted by atomic mass is 16.2. The van der Waals surface area contributed by atoms with E-state index in [2.05, 4.69) is 71.6 Å². The minimum absolute atomic E-state index is 0.179. The number of piperidine rings is 1. The van der Waals surface area contributed by atoms with Gasteiger partial charge >= 0.3 is 0 Å². The first-order valence-corrected chi connectivity index (χ1v) is 12.0. The van der Waals surface area contributed by atoms with Gasteiger partial charge in [0.25, 0.3) is 5.91 Å². The topological polar surface area (TPSA) is 23.6 Å². The molecule has 0 atom stereocenters. The summed E-state index contributed by atoms with van der Waals surface area (Å²) in [6.45, 7) is 3.72. The molecule has 3 aromatic carbocycles. The lowest BCUT2D eigenvalue weighted by Crippen LogP contribution is -2.38. The maximum absolute atomic E-state index is 13.0. The number of para-hydroxylation sites is 1. The van der Waals surface area contributed by atoms with Crippen molar-refractivity contribution in [3.05, 3.63) is 101 Å². The Morgan fingerprint density at radius 1 is 0.781 bits per heavy atom. The van der Waals surface area contributed by atoms with Crippen molar-refractivity contribution in [3.8, 4) is 0 Å². The summed E-state index contributed by atoms with van der Waals surface area (Å²) in [5, 5.41) is 0. The van der Waals surface area contributed by atoms with E-state index in [9.17, 15) is 4.79 Å². The van der Waals surface area contributed by atoms with Crippen molar-refractivity contribution in [2.45, 2.75) is 38.6 Å². The summed E-state index contributed by atoms with van der Waals surface area (Å²) in [6, 6.07) is 27.7. The number of benzene rings is 3. The Morgan fingerprint density at radius 2 is 1.50 bits per heavy atom. The van der Waals surface area contributed by atoms with Crippen molar-refractivity contribution in [2.75, 3.05) is 24.5 Å². The molecule has 5 rings (SSSR count). The average Bonchev–Trinajstić information content (AvgIpc) is 2.85. The highest BCUT2D eigenvalue weighted by Crippen LogP contribution is 2.28. The minimum atomic E-state index is 0.179. The van der Waals surface area contributed by atoms with Gasteiger partial charge in [0.15, 0.2) is 0 Å². The van der Waals surface area contributed by atoms with Gasteiger partial charge in [0.1, 0.15) is 0 Å². The van der Waals surface area contributed by atoms with E-state index < -0.39 is 0 Å². The number of nitrogens with zero attached hydrogens (tertiary/aromatic N) is 2. The summed E-state index contributed by atoms with van der Waals surface area (Å²) < 4.78 is 0. The summed E-state index contributed by atoms with van der Waals surface area (Å²) in [7, 11) is 0. The van der Waals surface area contributed by atoms with Gasteiger partial charge in [0.05, 0.1) is 0 Å². The molecule has 2 heterocycles. The number of fused-ring (bicyclic) bond motifs is 1. The molecule has 1 amide bonds. The SMILES string of the molecule is O=C(c1ccc(CN2CCCc3ccccc32)cc1)N1CCC(Cc2ccccc2)CC1. The second-order valence-corrected chi connectivity index (χ2v) is 9.28. The van der Waals surface area contributed by atoms with Gasteiger partial charge in [-0.1, -0.05) is 60.7 Å². The second kappa shape index (κ2) is 9.60. The number of anilines is 1. The van der Waals surface area contributed by atoms with Gasteiger partial charge in [-0.3, -0.25) is 4.79 Å². The smallest absolute Gasteiger partial charge is 0.253 e. The van der Waals surface area contributed by atoms with Gasteiger partial charge in [-0.15, -0.1) is 0 Å². The van der Waals surface area contributed by atoms with E-state index in [1.54, 1.807) is 0 Å². The van der Waals surface area contributed by atoms with Crippen molar-refractivity contribution < 1.29 is 4.79 Å². The molecule has 32 heavy (non-hydrogen) atoms. The molecule has 0 radical (unpaired) electrons. The van der Waals surface area contributed by atoms with E-state index in [0.717, 1.165) is 51.0 Å². The molecule has 3 heteroatoms. The van der Waals surface area contributed by atoms with Crippen molar-refractivity contribution in [3.63, 3.8) is 0 Å². The molecule has 0 N–H and O–H groups in total. The van der Waals surface area contributed by atoms with Crippen LogP contribution in [0.3, 0.4) is 0 Å². The Bertz CT molecular complexity index is 1040. The Kier molecular flexibility index (Phi) is 6.24. The zero-order valence-corrected chi connectivity index (χ0v) is 18.7. The maximum atomic E-state index is 13.0. The Morgan fingerprint density at radius 3 is 2.28 bits per heavy atom. The fraction of sp³-hybridized carbons (Fsp3) is 0.345. The third kappa shape index (κ3) is 4.72. The van der Waals surface area contributed by atoms with Crippen LogP contribution in [-0.2, 0) is 19.4 Å². The van der Waals surface area contributed by atoms with Gasteiger partial charge in [0.2, 0.25) is 0 Å². The van der Waals surface area contributed by atoms with E-state index in [0.29, 0.717) is 5.92 Å². The lowest BCUT2D eigenvalue weighted by molar-refractivity contribution is 0.0690. The molecule has 3 aromatic rings. The van der Waals surface area contributed by atoms with Crippen molar-refractivity contribution in [1.82, 2.24) is 4.90 Å². The van der Waals surface area contributed by atoms with Gasteiger partial charge in [-0.25, -0.2) is 0 Å². The summed E-state index contributed by atoms with van der Waals surface area (Å²) in [5.74, 6) is 0.856. The lowest BCUT2D eigenvalue weighted by Gasteiger charge is -2.32. The quantitative estimate of drug-likeness (QED) is 0.522. The third-order valence-corrected chi connectivity index (χ3v) is 7.05. The molecular formula is C29H32N2O. The molecular weight excluding hydrogens is 392 g/mol. The monoisotopic (exact) mass is 424 g/mol. The summed E-state index contributed by atoms with van der Waals surface area (Å²) >= 11 is 0. The number of rotatable bonds is 5. The number of carbonyl (C=O) groups is 1. The van der Waals surface area contributed by atoms with Crippen LogP contribution in [0.5, 0.6) is 0 Å². The normalized spacial score (nSPS) is 16.6. The van der Waals surface area contributed by atoms with Crippen molar-refractivity contribution in [2.24, 2.45) is 5.92 Å². The molecule has 1 saturated heterocycles. The Labute approximate surface area is 191 Å². The molecule has 0 saturated carbocycles. The van der Waals surface area contributed by atoms with Gasteiger partial charge < -0.3 is 9.80 Å². The zero-order chi connectivity index (χ0) is 21.8. The number of hydrogen-bond donors (Lipinski definition) is 0. The Balaban J connectivity index is 1.17. The fourth-order valence-electron chi connectivity index (χ4n) is 5.22. The first-order chi connectivity index (χ1) is 15.8. The van der Waals surface area contributed by atoms with E-state index in [4.69, 9.17) is 0 Å². The molecule has 0 spiro atoms. The fourth-order valence-corrected chi connectivity index (χ4v) is 5.22. The van der Waals surface area contributed by atoms with Crippen LogP contribution in [-0.4, -0.2) is 30.4 Å². The first kappa shape index (κ1) is 20.8. The van der Waals surface area contributed by atoms with Crippen LogP contribution >= 0.6 is 0 Å². The number of amides is 1. The standard InChI is InChI=1S/C29H32N2O/c32-29(30-19-16-24(17-20-30)21-23-7-2-1-3-8-23)27-14-12-25(13-15-27)22-31-18-6-10-26-9-4-5-11-28(26)31/h1-5,7-9,11-15,24H,6,10,16-22H2. The number of hydrogen-bond acceptors (Lipinski definition) is 2. The molecule has 0 aliphatic carbocycles. The van der Waals surface area contributed by atoms with Gasteiger partial charge in [-0.05, 0) is 72.9 Å². The van der Waals surface area contributed by atoms with Crippen molar-refractivity contribution >= 4 is 11.6 Å². The predicted molar refractivity (Wildman–Crippen MR) is 131 cm³/mol. The summed E-state index contributed by atoms with van der Waals surface area (Å²) in [6.07, 6.45) is 5.67. The largest absolute Gasteiger partial charge is 0.367 e. The van der Waals surface area contributed by atoms with Crippen LogP contribution in [0, 0.1) is 5.92 Å².